The Morgan fingerprint density at radius 2 is 1.77 bits per heavy atom. The fourth-order valence-corrected chi connectivity index (χ4v) is 3.89. The van der Waals surface area contributed by atoms with Gasteiger partial charge in [-0.1, -0.05) is 28.1 Å². The number of halogens is 1. The van der Waals surface area contributed by atoms with Crippen molar-refractivity contribution in [1.29, 1.82) is 0 Å². The standard InChI is InChI=1S/C22H19BrN4O3/c1-13-11-14(2)27(25-13)19-6-4-3-5-18(19)24-20(28)9-10-26-21(29)16-8-7-15(23)12-17(16)22(26)30/h3-8,11-12H,9-10H2,1-2H3,(H,24,28). The summed E-state index contributed by atoms with van der Waals surface area (Å²) < 4.78 is 2.50. The maximum absolute atomic E-state index is 12.6. The van der Waals surface area contributed by atoms with E-state index in [0.717, 1.165) is 26.4 Å². The van der Waals surface area contributed by atoms with Crippen LogP contribution < -0.4 is 5.32 Å². The second-order valence-corrected chi connectivity index (χ2v) is 8.02. The van der Waals surface area contributed by atoms with Gasteiger partial charge in [0.1, 0.15) is 0 Å². The van der Waals surface area contributed by atoms with E-state index in [2.05, 4.69) is 26.3 Å². The highest BCUT2D eigenvalue weighted by Gasteiger charge is 2.35. The molecule has 3 amide bonds. The number of amides is 3. The number of benzene rings is 2. The third-order valence-corrected chi connectivity index (χ3v) is 5.40. The number of carbonyl (C=O) groups is 3. The summed E-state index contributed by atoms with van der Waals surface area (Å²) in [5.41, 5.74) is 3.91. The average Bonchev–Trinajstić information content (AvgIpc) is 3.16. The predicted octanol–water partition coefficient (Wildman–Crippen LogP) is 3.88. The first-order chi connectivity index (χ1) is 14.3. The third kappa shape index (κ3) is 3.66. The van der Waals surface area contributed by atoms with Crippen molar-refractivity contribution in [2.45, 2.75) is 20.3 Å². The first-order valence-corrected chi connectivity index (χ1v) is 10.2. The normalized spacial score (nSPS) is 13.0. The van der Waals surface area contributed by atoms with Gasteiger partial charge in [-0.2, -0.15) is 5.10 Å². The van der Waals surface area contributed by atoms with Crippen LogP contribution in [0.1, 0.15) is 38.5 Å². The van der Waals surface area contributed by atoms with Crippen molar-refractivity contribution in [3.05, 3.63) is 75.5 Å². The summed E-state index contributed by atoms with van der Waals surface area (Å²) in [6.07, 6.45) is -0.00190. The summed E-state index contributed by atoms with van der Waals surface area (Å²) in [4.78, 5) is 38.8. The molecule has 8 heteroatoms. The molecule has 7 nitrogen and oxygen atoms in total. The van der Waals surface area contributed by atoms with Crippen molar-refractivity contribution in [3.8, 4) is 5.69 Å². The van der Waals surface area contributed by atoms with Crippen LogP contribution in [-0.4, -0.2) is 38.9 Å². The molecule has 0 spiro atoms. The predicted molar refractivity (Wildman–Crippen MR) is 116 cm³/mol. The number of nitrogens with one attached hydrogen (secondary N) is 1. The molecule has 1 aliphatic rings. The molecule has 152 valence electrons. The Kier molecular flexibility index (Phi) is 5.26. The number of aryl methyl sites for hydroxylation is 2. The van der Waals surface area contributed by atoms with E-state index in [1.165, 1.54) is 0 Å². The van der Waals surface area contributed by atoms with Crippen LogP contribution in [0.2, 0.25) is 0 Å². The average molecular weight is 467 g/mol. The number of rotatable bonds is 5. The summed E-state index contributed by atoms with van der Waals surface area (Å²) in [6, 6.07) is 14.3. The minimum Gasteiger partial charge on any atom is -0.324 e. The van der Waals surface area contributed by atoms with E-state index in [9.17, 15) is 14.4 Å². The summed E-state index contributed by atoms with van der Waals surface area (Å²) >= 11 is 3.31. The molecule has 0 radical (unpaired) electrons. The molecule has 1 N–H and O–H groups in total. The maximum atomic E-state index is 12.6. The van der Waals surface area contributed by atoms with Gasteiger partial charge in [-0.3, -0.25) is 19.3 Å². The Labute approximate surface area is 181 Å². The molecular weight excluding hydrogens is 448 g/mol. The fourth-order valence-electron chi connectivity index (χ4n) is 3.53. The monoisotopic (exact) mass is 466 g/mol. The highest BCUT2D eigenvalue weighted by Crippen LogP contribution is 2.26. The minimum atomic E-state index is -0.382. The third-order valence-electron chi connectivity index (χ3n) is 4.91. The van der Waals surface area contributed by atoms with Gasteiger partial charge in [0.25, 0.3) is 11.8 Å². The highest BCUT2D eigenvalue weighted by molar-refractivity contribution is 9.10. The van der Waals surface area contributed by atoms with E-state index in [0.29, 0.717) is 16.8 Å². The van der Waals surface area contributed by atoms with Crippen LogP contribution in [0.4, 0.5) is 5.69 Å². The van der Waals surface area contributed by atoms with Gasteiger partial charge in [0.15, 0.2) is 0 Å². The SMILES string of the molecule is Cc1cc(C)n(-c2ccccc2NC(=O)CCN2C(=O)c3ccc(Br)cc3C2=O)n1. The zero-order valence-corrected chi connectivity index (χ0v) is 18.1. The van der Waals surface area contributed by atoms with Crippen molar-refractivity contribution >= 4 is 39.3 Å². The first-order valence-electron chi connectivity index (χ1n) is 9.43. The van der Waals surface area contributed by atoms with Crippen LogP contribution in [-0.2, 0) is 4.79 Å². The van der Waals surface area contributed by atoms with E-state index in [4.69, 9.17) is 0 Å². The molecule has 3 aromatic rings. The van der Waals surface area contributed by atoms with Crippen molar-refractivity contribution < 1.29 is 14.4 Å². The van der Waals surface area contributed by atoms with Crippen LogP contribution in [0.15, 0.2) is 53.0 Å². The van der Waals surface area contributed by atoms with Gasteiger partial charge in [-0.15, -0.1) is 0 Å². The number of anilines is 1. The number of fused-ring (bicyclic) bond motifs is 1. The van der Waals surface area contributed by atoms with Crippen LogP contribution in [0.25, 0.3) is 5.69 Å². The van der Waals surface area contributed by atoms with Crippen LogP contribution in [0.5, 0.6) is 0 Å². The lowest BCUT2D eigenvalue weighted by molar-refractivity contribution is -0.116. The number of aromatic nitrogens is 2. The van der Waals surface area contributed by atoms with Gasteiger partial charge in [0, 0.05) is 23.1 Å². The van der Waals surface area contributed by atoms with E-state index in [1.807, 2.05) is 38.1 Å². The molecule has 1 aromatic heterocycles. The molecule has 30 heavy (non-hydrogen) atoms. The Balaban J connectivity index is 1.46. The van der Waals surface area contributed by atoms with Crippen molar-refractivity contribution in [1.82, 2.24) is 14.7 Å². The Hall–Kier alpha value is -3.26. The Morgan fingerprint density at radius 3 is 2.50 bits per heavy atom. The van der Waals surface area contributed by atoms with Gasteiger partial charge >= 0.3 is 0 Å². The first kappa shape index (κ1) is 20.0. The maximum Gasteiger partial charge on any atom is 0.261 e. The largest absolute Gasteiger partial charge is 0.324 e. The van der Waals surface area contributed by atoms with Crippen molar-refractivity contribution in [3.63, 3.8) is 0 Å². The van der Waals surface area contributed by atoms with Gasteiger partial charge in [0.2, 0.25) is 5.91 Å². The summed E-state index contributed by atoms with van der Waals surface area (Å²) in [5, 5.41) is 7.34. The molecule has 0 atom stereocenters. The number of hydrogen-bond donors (Lipinski definition) is 1. The van der Waals surface area contributed by atoms with Gasteiger partial charge in [-0.25, -0.2) is 4.68 Å². The zero-order valence-electron chi connectivity index (χ0n) is 16.5. The number of imide groups is 1. The smallest absolute Gasteiger partial charge is 0.261 e. The molecule has 2 heterocycles. The molecule has 0 saturated carbocycles. The van der Waals surface area contributed by atoms with E-state index < -0.39 is 0 Å². The topological polar surface area (TPSA) is 84.3 Å². The second-order valence-electron chi connectivity index (χ2n) is 7.11. The second kappa shape index (κ2) is 7.87. The molecule has 0 fully saturated rings. The van der Waals surface area contributed by atoms with Gasteiger partial charge < -0.3 is 5.32 Å². The van der Waals surface area contributed by atoms with Gasteiger partial charge in [-0.05, 0) is 50.2 Å². The molecule has 4 rings (SSSR count). The molecule has 2 aromatic carbocycles. The molecule has 0 unspecified atom stereocenters. The number of hydrogen-bond acceptors (Lipinski definition) is 4. The summed E-state index contributed by atoms with van der Waals surface area (Å²) in [7, 11) is 0. The lowest BCUT2D eigenvalue weighted by atomic mass is 10.1. The van der Waals surface area contributed by atoms with Crippen LogP contribution >= 0.6 is 15.9 Å². The molecular formula is C22H19BrN4O3. The fraction of sp³-hybridized carbons (Fsp3) is 0.182. The zero-order chi connectivity index (χ0) is 21.4. The molecule has 1 aliphatic heterocycles. The van der Waals surface area contributed by atoms with Crippen LogP contribution in [0, 0.1) is 13.8 Å². The number of carbonyl (C=O) groups excluding carboxylic acids is 3. The lowest BCUT2D eigenvalue weighted by Gasteiger charge is -2.15. The van der Waals surface area contributed by atoms with E-state index in [1.54, 1.807) is 28.9 Å². The van der Waals surface area contributed by atoms with E-state index >= 15 is 0 Å². The molecule has 0 bridgehead atoms. The number of nitrogens with zero attached hydrogens (tertiary/aromatic N) is 3. The van der Waals surface area contributed by atoms with Gasteiger partial charge in [0.05, 0.1) is 28.2 Å². The van der Waals surface area contributed by atoms with E-state index in [-0.39, 0.29) is 30.7 Å². The lowest BCUT2D eigenvalue weighted by Crippen LogP contribution is -2.33. The van der Waals surface area contributed by atoms with Crippen molar-refractivity contribution in [2.24, 2.45) is 0 Å². The minimum absolute atomic E-state index is 0.00190. The molecule has 0 saturated heterocycles. The highest BCUT2D eigenvalue weighted by atomic mass is 79.9. The quantitative estimate of drug-likeness (QED) is 0.578. The molecule has 0 aliphatic carbocycles. The summed E-state index contributed by atoms with van der Waals surface area (Å²) in [6.45, 7) is 3.86. The Morgan fingerprint density at radius 1 is 1.03 bits per heavy atom. The summed E-state index contributed by atoms with van der Waals surface area (Å²) in [5.74, 6) is -1.05. The van der Waals surface area contributed by atoms with Crippen LogP contribution in [0.3, 0.4) is 0 Å². The van der Waals surface area contributed by atoms with Crippen molar-refractivity contribution in [2.75, 3.05) is 11.9 Å². The number of para-hydroxylation sites is 2. The Bertz CT molecular complexity index is 1180.